The number of esters is 1. The van der Waals surface area contributed by atoms with Crippen molar-refractivity contribution < 1.29 is 63.5 Å². The molecule has 3 aliphatic heterocycles. The molecule has 0 saturated carbocycles. The van der Waals surface area contributed by atoms with Crippen molar-refractivity contribution in [2.24, 2.45) is 17.8 Å². The molecule has 0 aliphatic carbocycles. The highest BCUT2D eigenvalue weighted by atomic mass is 16.7. The minimum atomic E-state index is -1.97. The molecule has 3 heterocycles. The van der Waals surface area contributed by atoms with E-state index in [1.807, 2.05) is 25.9 Å². The Morgan fingerprint density at radius 1 is 0.940 bits per heavy atom. The van der Waals surface area contributed by atoms with E-state index in [1.54, 1.807) is 41.5 Å². The molecule has 14 nitrogen and oxygen atoms in total. The smallest absolute Gasteiger partial charge is 0.311 e. The van der Waals surface area contributed by atoms with Crippen molar-refractivity contribution in [2.75, 3.05) is 21.2 Å². The molecule has 0 bridgehead atoms. The van der Waals surface area contributed by atoms with Crippen LogP contribution in [-0.2, 0) is 38.0 Å². The van der Waals surface area contributed by atoms with Crippen LogP contribution in [0.3, 0.4) is 0 Å². The fourth-order valence-corrected chi connectivity index (χ4v) is 7.94. The van der Waals surface area contributed by atoms with Gasteiger partial charge in [-0.1, -0.05) is 20.8 Å². The van der Waals surface area contributed by atoms with Crippen molar-refractivity contribution in [1.29, 1.82) is 0 Å². The highest BCUT2D eigenvalue weighted by Crippen LogP contribution is 2.40. The van der Waals surface area contributed by atoms with Gasteiger partial charge in [-0.05, 0) is 74.9 Å². The van der Waals surface area contributed by atoms with Crippen molar-refractivity contribution in [3.63, 3.8) is 0 Å². The molecule has 0 amide bonds. The van der Waals surface area contributed by atoms with E-state index in [0.29, 0.717) is 6.42 Å². The first-order chi connectivity index (χ1) is 23.0. The first-order valence-electron chi connectivity index (χ1n) is 18.1. The van der Waals surface area contributed by atoms with Crippen LogP contribution in [0.1, 0.15) is 94.4 Å². The van der Waals surface area contributed by atoms with Gasteiger partial charge in [0.1, 0.15) is 29.7 Å². The first kappa shape index (κ1) is 43.1. The zero-order valence-electron chi connectivity index (χ0n) is 32.1. The number of methoxy groups -OCH3 is 1. The molecule has 0 aromatic carbocycles. The van der Waals surface area contributed by atoms with Crippen LogP contribution in [0.2, 0.25) is 0 Å². The Labute approximate surface area is 297 Å². The molecule has 50 heavy (non-hydrogen) atoms. The van der Waals surface area contributed by atoms with Crippen molar-refractivity contribution in [1.82, 2.24) is 4.90 Å². The molecule has 17 atom stereocenters. The number of ketones is 1. The molecule has 3 aliphatic rings. The van der Waals surface area contributed by atoms with E-state index >= 15 is 0 Å². The Bertz CT molecular complexity index is 1140. The number of carbonyl (C=O) groups excluding carboxylic acids is 2. The van der Waals surface area contributed by atoms with Gasteiger partial charge in [0.15, 0.2) is 12.6 Å². The van der Waals surface area contributed by atoms with Crippen molar-refractivity contribution in [3.05, 3.63) is 0 Å². The number of carbonyl (C=O) groups is 2. The summed E-state index contributed by atoms with van der Waals surface area (Å²) < 4.78 is 36.9. The molecule has 3 fully saturated rings. The summed E-state index contributed by atoms with van der Waals surface area (Å²) in [5.41, 5.74) is -4.79. The third-order valence-corrected chi connectivity index (χ3v) is 11.4. The third-order valence-electron chi connectivity index (χ3n) is 11.4. The number of Topliss-reactive ketones (excluding diaryl/α,β-unsaturated/α-hetero) is 1. The average molecular weight is 720 g/mol. The number of aliphatic hydroxyl groups excluding tert-OH is 3. The van der Waals surface area contributed by atoms with E-state index in [-0.39, 0.29) is 31.4 Å². The normalized spacial score (nSPS) is 49.0. The van der Waals surface area contributed by atoms with Crippen LogP contribution in [0.15, 0.2) is 0 Å². The number of aliphatic hydroxyl groups is 5. The summed E-state index contributed by atoms with van der Waals surface area (Å²) in [5, 5.41) is 57.0. The summed E-state index contributed by atoms with van der Waals surface area (Å²) in [6.45, 7) is 14.8. The summed E-state index contributed by atoms with van der Waals surface area (Å²) in [7, 11) is 5.17. The van der Waals surface area contributed by atoms with E-state index in [4.69, 9.17) is 28.4 Å². The molecule has 0 spiro atoms. The predicted molar refractivity (Wildman–Crippen MR) is 182 cm³/mol. The van der Waals surface area contributed by atoms with Gasteiger partial charge < -0.3 is 58.9 Å². The van der Waals surface area contributed by atoms with E-state index in [1.165, 1.54) is 21.0 Å². The second kappa shape index (κ2) is 16.8. The maximum Gasteiger partial charge on any atom is 0.311 e. The Balaban J connectivity index is 2.16. The molecule has 2 unspecified atom stereocenters. The van der Waals surface area contributed by atoms with Gasteiger partial charge in [0.2, 0.25) is 0 Å². The lowest BCUT2D eigenvalue weighted by molar-refractivity contribution is -0.318. The molecule has 0 radical (unpaired) electrons. The number of hydrogen-bond acceptors (Lipinski definition) is 14. The Hall–Kier alpha value is -1.30. The quantitative estimate of drug-likeness (QED) is 0.238. The van der Waals surface area contributed by atoms with Crippen LogP contribution in [0.4, 0.5) is 0 Å². The second-order valence-corrected chi connectivity index (χ2v) is 16.0. The van der Waals surface area contributed by atoms with Gasteiger partial charge in [-0.25, -0.2) is 0 Å². The number of ether oxygens (including phenoxy) is 6. The average Bonchev–Trinajstić information content (AvgIpc) is 3.03. The summed E-state index contributed by atoms with van der Waals surface area (Å²) in [6.07, 6.45) is -10.0. The summed E-state index contributed by atoms with van der Waals surface area (Å²) in [6, 6.07) is -0.320. The van der Waals surface area contributed by atoms with E-state index < -0.39 is 108 Å². The Kier molecular flexibility index (Phi) is 14.5. The number of hydrogen-bond donors (Lipinski definition) is 5. The highest BCUT2D eigenvalue weighted by Gasteiger charge is 2.52. The first-order valence-corrected chi connectivity index (χ1v) is 18.1. The molecular weight excluding hydrogens is 654 g/mol. The lowest BCUT2D eigenvalue weighted by Crippen LogP contribution is -2.61. The molecular formula is C36H65NO13. The monoisotopic (exact) mass is 719 g/mol. The SMILES string of the molecule is CCC1OC(=O)[C@H](C)C(O[C@H]2C[C@@](C)(OC)[C@@H](O)[C@H](C)O2)[C@H](C)[C@@H](O[C@@H]2O[C@H](C)C[C@H](N(C)C)[C@H]2O)[C@](C)(O)C[C@@H](C)C(=O)C[C@@H](O)[C@]1(C)O. The van der Waals surface area contributed by atoms with Crippen molar-refractivity contribution >= 4 is 11.8 Å². The minimum Gasteiger partial charge on any atom is -0.459 e. The zero-order chi connectivity index (χ0) is 38.1. The fourth-order valence-electron chi connectivity index (χ4n) is 7.94. The Morgan fingerprint density at radius 2 is 1.56 bits per heavy atom. The number of nitrogens with zero attached hydrogens (tertiary/aromatic N) is 1. The van der Waals surface area contributed by atoms with Gasteiger partial charge >= 0.3 is 5.97 Å². The summed E-state index contributed by atoms with van der Waals surface area (Å²) >= 11 is 0. The minimum absolute atomic E-state index is 0.0956. The van der Waals surface area contributed by atoms with E-state index in [9.17, 15) is 35.1 Å². The number of cyclic esters (lactones) is 1. The van der Waals surface area contributed by atoms with E-state index in [0.717, 1.165) is 0 Å². The maximum absolute atomic E-state index is 14.0. The maximum atomic E-state index is 14.0. The molecule has 3 saturated heterocycles. The Morgan fingerprint density at radius 3 is 2.12 bits per heavy atom. The second-order valence-electron chi connectivity index (χ2n) is 16.0. The lowest BCUT2D eigenvalue weighted by Gasteiger charge is -2.49. The molecule has 0 aromatic heterocycles. The topological polar surface area (TPSA) is 194 Å². The van der Waals surface area contributed by atoms with Crippen LogP contribution in [-0.4, -0.2) is 148 Å². The highest BCUT2D eigenvalue weighted by molar-refractivity contribution is 5.81. The van der Waals surface area contributed by atoms with Crippen LogP contribution in [0, 0.1) is 17.8 Å². The van der Waals surface area contributed by atoms with Crippen LogP contribution >= 0.6 is 0 Å². The third kappa shape index (κ3) is 9.43. The molecule has 5 N–H and O–H groups in total. The number of rotatable bonds is 7. The number of likely N-dealkylation sites (N-methyl/N-ethyl adjacent to an activating group) is 1. The van der Waals surface area contributed by atoms with Gasteiger partial charge in [-0.2, -0.15) is 0 Å². The summed E-state index contributed by atoms with van der Waals surface area (Å²) in [5.74, 6) is -3.87. The lowest BCUT2D eigenvalue weighted by atomic mass is 9.76. The van der Waals surface area contributed by atoms with Crippen LogP contribution in [0.5, 0.6) is 0 Å². The molecule has 3 rings (SSSR count). The molecule has 14 heteroatoms. The van der Waals surface area contributed by atoms with Gasteiger partial charge in [0, 0.05) is 37.8 Å². The van der Waals surface area contributed by atoms with Gasteiger partial charge in [-0.3, -0.25) is 9.59 Å². The fraction of sp³-hybridized carbons (Fsp3) is 0.944. The van der Waals surface area contributed by atoms with E-state index in [2.05, 4.69) is 0 Å². The van der Waals surface area contributed by atoms with Crippen LogP contribution < -0.4 is 0 Å². The molecule has 292 valence electrons. The predicted octanol–water partition coefficient (Wildman–Crippen LogP) is 1.54. The van der Waals surface area contributed by atoms with Crippen LogP contribution in [0.25, 0.3) is 0 Å². The molecule has 0 aromatic rings. The van der Waals surface area contributed by atoms with Gasteiger partial charge in [-0.15, -0.1) is 0 Å². The standard InChI is InChI=1S/C36H65NO13/c1-13-26-36(9,44)25(39)15-24(38)18(2)16-34(7,43)31(50-33-28(40)23(37(10)11)14-19(3)46-33)20(4)29(21(5)32(42)48-26)49-27-17-35(8,45-12)30(41)22(6)47-27/h18-23,25-31,33,39-41,43-44H,13-17H2,1-12H3/t18-,19-,20+,21-,22+,23+,25-,26?,27+,28-,29?,30+,31-,33+,34-,35-,36+/m1/s1. The van der Waals surface area contributed by atoms with Crippen molar-refractivity contribution in [2.45, 2.75) is 179 Å². The van der Waals surface area contributed by atoms with Gasteiger partial charge in [0.05, 0.1) is 47.6 Å². The van der Waals surface area contributed by atoms with Crippen molar-refractivity contribution in [3.8, 4) is 0 Å². The zero-order valence-corrected chi connectivity index (χ0v) is 32.1. The largest absolute Gasteiger partial charge is 0.459 e. The summed E-state index contributed by atoms with van der Waals surface area (Å²) in [4.78, 5) is 29.3. The van der Waals surface area contributed by atoms with Gasteiger partial charge in [0.25, 0.3) is 0 Å².